The van der Waals surface area contributed by atoms with Gasteiger partial charge in [0.15, 0.2) is 0 Å². The van der Waals surface area contributed by atoms with E-state index in [1.165, 1.54) is 6.92 Å². The Morgan fingerprint density at radius 2 is 1.50 bits per heavy atom. The molecule has 4 rings (SSSR count). The van der Waals surface area contributed by atoms with Crippen LogP contribution in [0.5, 0.6) is 5.75 Å². The monoisotopic (exact) mass is 455 g/mol. The van der Waals surface area contributed by atoms with E-state index in [0.29, 0.717) is 35.0 Å². The van der Waals surface area contributed by atoms with Gasteiger partial charge in [-0.1, -0.05) is 49.4 Å². The number of ether oxygens (including phenoxy) is 1. The molecule has 0 saturated carbocycles. The SMILES string of the molecule is CCCOc1ccccc1N1C(=O)C(Nc2ccc(NC(C)=O)cc2)=C(c2ccccc2)C1=O. The van der Waals surface area contributed by atoms with Crippen molar-refractivity contribution >= 4 is 40.4 Å². The lowest BCUT2D eigenvalue weighted by molar-refractivity contribution is -0.120. The Labute approximate surface area is 198 Å². The van der Waals surface area contributed by atoms with Gasteiger partial charge in [0.25, 0.3) is 11.8 Å². The first kappa shape index (κ1) is 22.8. The van der Waals surface area contributed by atoms with Gasteiger partial charge in [-0.05, 0) is 48.4 Å². The van der Waals surface area contributed by atoms with Crippen LogP contribution in [0.4, 0.5) is 17.1 Å². The summed E-state index contributed by atoms with van der Waals surface area (Å²) in [5, 5.41) is 5.83. The molecule has 34 heavy (non-hydrogen) atoms. The van der Waals surface area contributed by atoms with E-state index >= 15 is 0 Å². The van der Waals surface area contributed by atoms with Crippen molar-refractivity contribution < 1.29 is 19.1 Å². The third-order valence-electron chi connectivity index (χ3n) is 5.19. The predicted molar refractivity (Wildman–Crippen MR) is 132 cm³/mol. The molecule has 7 nitrogen and oxygen atoms in total. The zero-order valence-corrected chi connectivity index (χ0v) is 19.0. The Morgan fingerprint density at radius 3 is 2.18 bits per heavy atom. The summed E-state index contributed by atoms with van der Waals surface area (Å²) in [7, 11) is 0. The van der Waals surface area contributed by atoms with Crippen molar-refractivity contribution in [2.45, 2.75) is 20.3 Å². The highest BCUT2D eigenvalue weighted by molar-refractivity contribution is 6.46. The third kappa shape index (κ3) is 4.68. The maximum absolute atomic E-state index is 13.6. The standard InChI is InChI=1S/C27H25N3O4/c1-3-17-34-23-12-8-7-11-22(23)30-26(32)24(19-9-5-4-6-10-19)25(27(30)33)29-21-15-13-20(14-16-21)28-18(2)31/h4-16,29H,3,17H2,1-2H3,(H,28,31). The quantitative estimate of drug-likeness (QED) is 0.475. The largest absolute Gasteiger partial charge is 0.491 e. The smallest absolute Gasteiger partial charge is 0.282 e. The van der Waals surface area contributed by atoms with E-state index in [1.54, 1.807) is 60.7 Å². The van der Waals surface area contributed by atoms with Crippen LogP contribution in [-0.4, -0.2) is 24.3 Å². The summed E-state index contributed by atoms with van der Waals surface area (Å²) in [6, 6.07) is 23.0. The van der Waals surface area contributed by atoms with E-state index in [0.717, 1.165) is 11.3 Å². The molecule has 0 saturated heterocycles. The first-order valence-corrected chi connectivity index (χ1v) is 11.0. The molecule has 0 radical (unpaired) electrons. The number of para-hydroxylation sites is 2. The normalized spacial score (nSPS) is 13.3. The minimum Gasteiger partial charge on any atom is -0.491 e. The number of amides is 3. The summed E-state index contributed by atoms with van der Waals surface area (Å²) in [6.07, 6.45) is 0.797. The van der Waals surface area contributed by atoms with Crippen LogP contribution in [0.15, 0.2) is 84.6 Å². The van der Waals surface area contributed by atoms with Crippen molar-refractivity contribution in [3.05, 3.63) is 90.1 Å². The van der Waals surface area contributed by atoms with Crippen LogP contribution in [-0.2, 0) is 14.4 Å². The van der Waals surface area contributed by atoms with Crippen molar-refractivity contribution in [1.82, 2.24) is 0 Å². The number of benzene rings is 3. The van der Waals surface area contributed by atoms with Gasteiger partial charge >= 0.3 is 0 Å². The van der Waals surface area contributed by atoms with Gasteiger partial charge < -0.3 is 15.4 Å². The zero-order valence-electron chi connectivity index (χ0n) is 19.0. The fourth-order valence-corrected chi connectivity index (χ4v) is 3.70. The number of nitrogens with zero attached hydrogens (tertiary/aromatic N) is 1. The Hall–Kier alpha value is -4.39. The van der Waals surface area contributed by atoms with Gasteiger partial charge in [0, 0.05) is 18.3 Å². The molecule has 1 aliphatic rings. The summed E-state index contributed by atoms with van der Waals surface area (Å²) in [4.78, 5) is 39.7. The van der Waals surface area contributed by atoms with E-state index in [-0.39, 0.29) is 17.2 Å². The number of hydrogen-bond donors (Lipinski definition) is 2. The Bertz CT molecular complexity index is 1250. The molecule has 0 unspecified atom stereocenters. The summed E-state index contributed by atoms with van der Waals surface area (Å²) in [6.45, 7) is 3.89. The summed E-state index contributed by atoms with van der Waals surface area (Å²) in [5.41, 5.74) is 2.73. The number of anilines is 3. The van der Waals surface area contributed by atoms with Gasteiger partial charge in [0.2, 0.25) is 5.91 Å². The molecule has 3 aromatic rings. The van der Waals surface area contributed by atoms with Gasteiger partial charge in [-0.2, -0.15) is 0 Å². The second-order valence-corrected chi connectivity index (χ2v) is 7.76. The van der Waals surface area contributed by atoms with Crippen LogP contribution in [0.1, 0.15) is 25.8 Å². The highest BCUT2D eigenvalue weighted by atomic mass is 16.5. The summed E-state index contributed by atoms with van der Waals surface area (Å²) < 4.78 is 5.82. The molecular formula is C27H25N3O4. The van der Waals surface area contributed by atoms with Gasteiger partial charge in [-0.3, -0.25) is 14.4 Å². The molecular weight excluding hydrogens is 430 g/mol. The van der Waals surface area contributed by atoms with E-state index in [4.69, 9.17) is 4.74 Å². The number of nitrogens with one attached hydrogen (secondary N) is 2. The predicted octanol–water partition coefficient (Wildman–Crippen LogP) is 4.83. The van der Waals surface area contributed by atoms with Crippen molar-refractivity contribution in [2.75, 3.05) is 22.1 Å². The first-order valence-electron chi connectivity index (χ1n) is 11.0. The maximum Gasteiger partial charge on any atom is 0.282 e. The van der Waals surface area contributed by atoms with Crippen molar-refractivity contribution in [3.63, 3.8) is 0 Å². The molecule has 1 heterocycles. The van der Waals surface area contributed by atoms with Crippen molar-refractivity contribution in [3.8, 4) is 5.75 Å². The van der Waals surface area contributed by atoms with Crippen LogP contribution < -0.4 is 20.3 Å². The van der Waals surface area contributed by atoms with E-state index in [1.807, 2.05) is 25.1 Å². The fourth-order valence-electron chi connectivity index (χ4n) is 3.70. The number of carbonyl (C=O) groups is 3. The average molecular weight is 456 g/mol. The van der Waals surface area contributed by atoms with Crippen molar-refractivity contribution in [1.29, 1.82) is 0 Å². The van der Waals surface area contributed by atoms with Crippen LogP contribution >= 0.6 is 0 Å². The second-order valence-electron chi connectivity index (χ2n) is 7.76. The minimum absolute atomic E-state index is 0.175. The highest BCUT2D eigenvalue weighted by Gasteiger charge is 2.41. The fraction of sp³-hybridized carbons (Fsp3) is 0.148. The topological polar surface area (TPSA) is 87.7 Å². The number of imide groups is 1. The molecule has 0 atom stereocenters. The Morgan fingerprint density at radius 1 is 0.853 bits per heavy atom. The van der Waals surface area contributed by atoms with Crippen molar-refractivity contribution in [2.24, 2.45) is 0 Å². The lowest BCUT2D eigenvalue weighted by atomic mass is 10.0. The molecule has 172 valence electrons. The van der Waals surface area contributed by atoms with Crippen LogP contribution in [0.25, 0.3) is 5.57 Å². The van der Waals surface area contributed by atoms with Crippen LogP contribution in [0.3, 0.4) is 0 Å². The molecule has 0 aromatic heterocycles. The minimum atomic E-state index is -0.470. The molecule has 1 aliphatic heterocycles. The summed E-state index contributed by atoms with van der Waals surface area (Å²) >= 11 is 0. The highest BCUT2D eigenvalue weighted by Crippen LogP contribution is 2.38. The molecule has 2 N–H and O–H groups in total. The van der Waals surface area contributed by atoms with Crippen LogP contribution in [0.2, 0.25) is 0 Å². The third-order valence-corrected chi connectivity index (χ3v) is 5.19. The Kier molecular flexibility index (Phi) is 6.73. The average Bonchev–Trinajstić information content (AvgIpc) is 3.08. The lowest BCUT2D eigenvalue weighted by Gasteiger charge is -2.19. The van der Waals surface area contributed by atoms with Gasteiger partial charge in [0.1, 0.15) is 11.4 Å². The zero-order chi connectivity index (χ0) is 24.1. The summed E-state index contributed by atoms with van der Waals surface area (Å²) in [5.74, 6) is -0.603. The number of rotatable bonds is 8. The number of carbonyl (C=O) groups excluding carboxylic acids is 3. The van der Waals surface area contributed by atoms with Gasteiger partial charge in [-0.15, -0.1) is 0 Å². The molecule has 0 aliphatic carbocycles. The first-order chi connectivity index (χ1) is 16.5. The van der Waals surface area contributed by atoms with Gasteiger partial charge in [-0.25, -0.2) is 4.90 Å². The number of hydrogen-bond acceptors (Lipinski definition) is 5. The Balaban J connectivity index is 1.73. The molecule has 0 bridgehead atoms. The van der Waals surface area contributed by atoms with E-state index in [2.05, 4.69) is 10.6 Å². The molecule has 0 spiro atoms. The van der Waals surface area contributed by atoms with Gasteiger partial charge in [0.05, 0.1) is 17.9 Å². The van der Waals surface area contributed by atoms with Crippen LogP contribution in [0, 0.1) is 0 Å². The molecule has 7 heteroatoms. The molecule has 0 fully saturated rings. The molecule has 3 aromatic carbocycles. The van der Waals surface area contributed by atoms with E-state index in [9.17, 15) is 14.4 Å². The maximum atomic E-state index is 13.6. The second kappa shape index (κ2) is 10.0. The molecule has 3 amide bonds. The van der Waals surface area contributed by atoms with E-state index < -0.39 is 11.8 Å². The lowest BCUT2D eigenvalue weighted by Crippen LogP contribution is -2.32.